The van der Waals surface area contributed by atoms with Crippen molar-refractivity contribution in [2.24, 2.45) is 5.84 Å². The maximum Gasteiger partial charge on any atom is 0.0772 e. The van der Waals surface area contributed by atoms with Crippen LogP contribution in [0.25, 0.3) is 0 Å². The Morgan fingerprint density at radius 3 is 3.00 bits per heavy atom. The van der Waals surface area contributed by atoms with Crippen molar-refractivity contribution >= 4 is 11.6 Å². The van der Waals surface area contributed by atoms with Crippen LogP contribution in [-0.2, 0) is 0 Å². The third kappa shape index (κ3) is 3.63. The average Bonchev–Trinajstić information content (AvgIpc) is 2.21. The lowest BCUT2D eigenvalue weighted by Crippen LogP contribution is -2.28. The van der Waals surface area contributed by atoms with Crippen molar-refractivity contribution in [2.45, 2.75) is 25.8 Å². The van der Waals surface area contributed by atoms with E-state index in [1.165, 1.54) is 0 Å². The second kappa shape index (κ2) is 5.85. The molecule has 0 amide bonds. The molecular weight excluding hydrogens is 210 g/mol. The van der Waals surface area contributed by atoms with Crippen LogP contribution in [0, 0.1) is 0 Å². The highest BCUT2D eigenvalue weighted by atomic mass is 35.5. The van der Waals surface area contributed by atoms with Gasteiger partial charge in [0.25, 0.3) is 0 Å². The molecule has 82 valence electrons. The molecule has 1 rings (SSSR count). The maximum atomic E-state index is 6.03. The van der Waals surface area contributed by atoms with Crippen molar-refractivity contribution in [3.05, 3.63) is 41.2 Å². The molecule has 3 nitrogen and oxygen atoms in total. The predicted octanol–water partition coefficient (Wildman–Crippen LogP) is 2.60. The van der Waals surface area contributed by atoms with E-state index < -0.39 is 0 Å². The number of pyridine rings is 1. The summed E-state index contributed by atoms with van der Waals surface area (Å²) in [4.78, 5) is 4.22. The van der Waals surface area contributed by atoms with Gasteiger partial charge in [-0.05, 0) is 31.9 Å². The van der Waals surface area contributed by atoms with Gasteiger partial charge in [-0.25, -0.2) is 0 Å². The van der Waals surface area contributed by atoms with E-state index in [2.05, 4.69) is 17.0 Å². The van der Waals surface area contributed by atoms with Crippen molar-refractivity contribution in [3.8, 4) is 0 Å². The fraction of sp³-hybridized carbons (Fsp3) is 0.364. The van der Waals surface area contributed by atoms with Gasteiger partial charge in [-0.2, -0.15) is 0 Å². The van der Waals surface area contributed by atoms with E-state index in [9.17, 15) is 0 Å². The first-order valence-electron chi connectivity index (χ1n) is 4.86. The van der Waals surface area contributed by atoms with Crippen LogP contribution in [-0.4, -0.2) is 4.98 Å². The number of hydrazine groups is 1. The minimum Gasteiger partial charge on any atom is -0.271 e. The van der Waals surface area contributed by atoms with Crippen LogP contribution in [0.15, 0.2) is 30.5 Å². The zero-order valence-corrected chi connectivity index (χ0v) is 9.59. The summed E-state index contributed by atoms with van der Waals surface area (Å²) in [6.07, 6.45) is 3.47. The van der Waals surface area contributed by atoms with Crippen LogP contribution in [0.5, 0.6) is 0 Å². The van der Waals surface area contributed by atoms with E-state index in [1.807, 2.05) is 13.0 Å². The predicted molar refractivity (Wildman–Crippen MR) is 63.4 cm³/mol. The molecule has 0 bridgehead atoms. The van der Waals surface area contributed by atoms with Gasteiger partial charge in [0.2, 0.25) is 0 Å². The molecule has 0 fully saturated rings. The summed E-state index contributed by atoms with van der Waals surface area (Å²) in [5.41, 5.74) is 4.65. The van der Waals surface area contributed by atoms with Crippen LogP contribution < -0.4 is 11.3 Å². The minimum absolute atomic E-state index is 0.0181. The number of aromatic nitrogens is 1. The summed E-state index contributed by atoms with van der Waals surface area (Å²) in [6, 6.07) is 3.60. The summed E-state index contributed by atoms with van der Waals surface area (Å²) in [7, 11) is 0. The number of halogens is 1. The quantitative estimate of drug-likeness (QED) is 0.460. The SMILES string of the molecule is C=C(C)CCC(NN)c1ncccc1Cl. The number of nitrogens with one attached hydrogen (secondary N) is 1. The van der Waals surface area contributed by atoms with Gasteiger partial charge in [-0.3, -0.25) is 16.3 Å². The molecule has 1 atom stereocenters. The fourth-order valence-corrected chi connectivity index (χ4v) is 1.60. The van der Waals surface area contributed by atoms with Crippen molar-refractivity contribution in [1.29, 1.82) is 0 Å². The largest absolute Gasteiger partial charge is 0.271 e. The van der Waals surface area contributed by atoms with E-state index in [4.69, 9.17) is 17.4 Å². The number of hydrogen-bond acceptors (Lipinski definition) is 3. The molecule has 1 heterocycles. The number of rotatable bonds is 5. The van der Waals surface area contributed by atoms with Gasteiger partial charge in [0, 0.05) is 6.20 Å². The maximum absolute atomic E-state index is 6.03. The summed E-state index contributed by atoms with van der Waals surface area (Å²) >= 11 is 6.03. The Hall–Kier alpha value is -0.900. The Morgan fingerprint density at radius 2 is 2.47 bits per heavy atom. The van der Waals surface area contributed by atoms with Gasteiger partial charge in [-0.15, -0.1) is 6.58 Å². The lowest BCUT2D eigenvalue weighted by molar-refractivity contribution is 0.504. The molecule has 4 heteroatoms. The van der Waals surface area contributed by atoms with Gasteiger partial charge >= 0.3 is 0 Å². The third-order valence-corrected chi connectivity index (χ3v) is 2.50. The highest BCUT2D eigenvalue weighted by molar-refractivity contribution is 6.31. The molecule has 0 aliphatic carbocycles. The number of nitrogens with two attached hydrogens (primary N) is 1. The third-order valence-electron chi connectivity index (χ3n) is 2.18. The van der Waals surface area contributed by atoms with Crippen molar-refractivity contribution in [1.82, 2.24) is 10.4 Å². The zero-order valence-electron chi connectivity index (χ0n) is 8.83. The van der Waals surface area contributed by atoms with Crippen molar-refractivity contribution in [3.63, 3.8) is 0 Å². The molecule has 1 aromatic heterocycles. The molecule has 0 aliphatic heterocycles. The monoisotopic (exact) mass is 225 g/mol. The number of hydrogen-bond donors (Lipinski definition) is 2. The Kier molecular flexibility index (Phi) is 4.75. The molecule has 0 radical (unpaired) electrons. The van der Waals surface area contributed by atoms with Crippen LogP contribution in [0.2, 0.25) is 5.02 Å². The number of nitrogens with zero attached hydrogens (tertiary/aromatic N) is 1. The van der Waals surface area contributed by atoms with Crippen LogP contribution >= 0.6 is 11.6 Å². The van der Waals surface area contributed by atoms with Crippen molar-refractivity contribution < 1.29 is 0 Å². The second-order valence-electron chi connectivity index (χ2n) is 3.59. The Morgan fingerprint density at radius 1 is 1.73 bits per heavy atom. The van der Waals surface area contributed by atoms with Crippen LogP contribution in [0.3, 0.4) is 0 Å². The van der Waals surface area contributed by atoms with Gasteiger partial charge in [0.15, 0.2) is 0 Å². The standard InChI is InChI=1S/C11H16ClN3/c1-8(2)5-6-10(15-13)11-9(12)4-3-7-14-11/h3-4,7,10,15H,1,5-6,13H2,2H3. The lowest BCUT2D eigenvalue weighted by atomic mass is 10.0. The first kappa shape index (κ1) is 12.2. The fourth-order valence-electron chi connectivity index (χ4n) is 1.34. The molecule has 0 aromatic carbocycles. The van der Waals surface area contributed by atoms with E-state index in [1.54, 1.807) is 12.3 Å². The van der Waals surface area contributed by atoms with Crippen LogP contribution in [0.1, 0.15) is 31.5 Å². The Balaban J connectivity index is 2.74. The van der Waals surface area contributed by atoms with Crippen LogP contribution in [0.4, 0.5) is 0 Å². The van der Waals surface area contributed by atoms with Crippen molar-refractivity contribution in [2.75, 3.05) is 0 Å². The highest BCUT2D eigenvalue weighted by Gasteiger charge is 2.13. The Labute approximate surface area is 95.3 Å². The average molecular weight is 226 g/mol. The van der Waals surface area contributed by atoms with E-state index >= 15 is 0 Å². The molecule has 3 N–H and O–H groups in total. The molecule has 0 saturated heterocycles. The topological polar surface area (TPSA) is 50.9 Å². The highest BCUT2D eigenvalue weighted by Crippen LogP contribution is 2.24. The van der Waals surface area contributed by atoms with Gasteiger partial charge in [0.1, 0.15) is 0 Å². The molecule has 15 heavy (non-hydrogen) atoms. The summed E-state index contributed by atoms with van der Waals surface area (Å²) < 4.78 is 0. The first-order chi connectivity index (χ1) is 7.15. The van der Waals surface area contributed by atoms with Gasteiger partial charge < -0.3 is 0 Å². The van der Waals surface area contributed by atoms with Gasteiger partial charge in [-0.1, -0.05) is 17.2 Å². The van der Waals surface area contributed by atoms with E-state index in [0.717, 1.165) is 24.1 Å². The second-order valence-corrected chi connectivity index (χ2v) is 3.99. The normalized spacial score (nSPS) is 12.5. The molecule has 0 saturated carbocycles. The Bertz CT molecular complexity index is 338. The van der Waals surface area contributed by atoms with E-state index in [0.29, 0.717) is 5.02 Å². The minimum atomic E-state index is -0.0181. The van der Waals surface area contributed by atoms with Gasteiger partial charge in [0.05, 0.1) is 16.8 Å². The summed E-state index contributed by atoms with van der Waals surface area (Å²) in [5, 5.41) is 0.641. The molecule has 0 aliphatic rings. The van der Waals surface area contributed by atoms with E-state index in [-0.39, 0.29) is 6.04 Å². The lowest BCUT2D eigenvalue weighted by Gasteiger charge is -2.16. The smallest absolute Gasteiger partial charge is 0.0772 e. The molecular formula is C11H16ClN3. The molecule has 1 unspecified atom stereocenters. The molecule has 0 spiro atoms. The molecule has 1 aromatic rings. The number of allylic oxidation sites excluding steroid dienone is 1. The summed E-state index contributed by atoms with van der Waals surface area (Å²) in [6.45, 7) is 5.85. The zero-order chi connectivity index (χ0) is 11.3. The first-order valence-corrected chi connectivity index (χ1v) is 5.24. The summed E-state index contributed by atoms with van der Waals surface area (Å²) in [5.74, 6) is 5.48.